The van der Waals surface area contributed by atoms with Crippen LogP contribution in [0.1, 0.15) is 39.0 Å². The summed E-state index contributed by atoms with van der Waals surface area (Å²) in [6, 6.07) is 5.71. The van der Waals surface area contributed by atoms with Crippen molar-refractivity contribution in [3.05, 3.63) is 30.6 Å². The summed E-state index contributed by atoms with van der Waals surface area (Å²) in [6.07, 6.45) is 8.63. The van der Waals surface area contributed by atoms with Crippen molar-refractivity contribution in [2.75, 3.05) is 26.4 Å². The zero-order chi connectivity index (χ0) is 19.2. The molecule has 0 amide bonds. The fourth-order valence-corrected chi connectivity index (χ4v) is 4.87. The van der Waals surface area contributed by atoms with Crippen LogP contribution in [0.2, 0.25) is 0 Å². The van der Waals surface area contributed by atoms with Gasteiger partial charge in [-0.2, -0.15) is 0 Å². The van der Waals surface area contributed by atoms with Crippen molar-refractivity contribution in [2.45, 2.75) is 57.8 Å². The van der Waals surface area contributed by atoms with E-state index in [1.165, 1.54) is 0 Å². The van der Waals surface area contributed by atoms with Gasteiger partial charge in [-0.25, -0.2) is 9.13 Å². The van der Waals surface area contributed by atoms with Gasteiger partial charge in [-0.05, 0) is 25.7 Å². The fourth-order valence-electron chi connectivity index (χ4n) is 4.06. The van der Waals surface area contributed by atoms with Crippen LogP contribution >= 0.6 is 7.82 Å². The van der Waals surface area contributed by atoms with E-state index >= 15 is 0 Å². The number of fused-ring (bicyclic) bond motifs is 1. The predicted octanol–water partition coefficient (Wildman–Crippen LogP) is 2.86. The maximum Gasteiger partial charge on any atom is 0.472 e. The zero-order valence-electron chi connectivity index (χ0n) is 16.0. The second kappa shape index (κ2) is 9.59. The lowest BCUT2D eigenvalue weighted by molar-refractivity contribution is -0.697. The van der Waals surface area contributed by atoms with E-state index in [0.29, 0.717) is 13.2 Å². The minimum atomic E-state index is -4.08. The number of rotatable bonds is 11. The van der Waals surface area contributed by atoms with Crippen molar-refractivity contribution in [3.63, 3.8) is 0 Å². The Balaban J connectivity index is 1.46. The number of phosphoric acid groups is 1. The van der Waals surface area contributed by atoms with Crippen LogP contribution in [0.25, 0.3) is 0 Å². The van der Waals surface area contributed by atoms with E-state index < -0.39 is 7.82 Å². The molecule has 1 saturated heterocycles. The highest BCUT2D eigenvalue weighted by molar-refractivity contribution is 7.47. The van der Waals surface area contributed by atoms with E-state index in [1.54, 1.807) is 0 Å². The number of nitrogens with zero attached hydrogens (tertiary/aromatic N) is 1. The van der Waals surface area contributed by atoms with Crippen LogP contribution in [0, 0.1) is 5.41 Å². The Bertz CT molecular complexity index is 630. The lowest BCUT2D eigenvalue weighted by Crippen LogP contribution is -2.34. The average molecular weight is 400 g/mol. The van der Waals surface area contributed by atoms with Crippen molar-refractivity contribution in [1.29, 1.82) is 0 Å². The molecule has 0 spiro atoms. The third kappa shape index (κ3) is 5.83. The van der Waals surface area contributed by atoms with Gasteiger partial charge in [0.15, 0.2) is 18.9 Å². The van der Waals surface area contributed by atoms with Gasteiger partial charge in [-0.15, -0.1) is 0 Å². The minimum Gasteiger partial charge on any atom is -0.379 e. The molecule has 152 valence electrons. The molecule has 0 aromatic carbocycles. The van der Waals surface area contributed by atoms with Gasteiger partial charge in [0, 0.05) is 24.2 Å². The minimum absolute atomic E-state index is 0.0407. The van der Waals surface area contributed by atoms with Crippen LogP contribution in [0.15, 0.2) is 30.6 Å². The van der Waals surface area contributed by atoms with Crippen LogP contribution in [0.4, 0.5) is 0 Å². The molecule has 3 rings (SSSR count). The molecule has 2 heterocycles. The van der Waals surface area contributed by atoms with Gasteiger partial charge in [0.05, 0.1) is 25.4 Å². The first-order valence-electron chi connectivity index (χ1n) is 9.82. The van der Waals surface area contributed by atoms with Crippen LogP contribution < -0.4 is 4.57 Å². The molecule has 27 heavy (non-hydrogen) atoms. The Labute approximate surface area is 161 Å². The summed E-state index contributed by atoms with van der Waals surface area (Å²) in [4.78, 5) is 10.0. The Hall–Kier alpha value is -0.820. The fraction of sp³-hybridized carbons (Fsp3) is 0.737. The summed E-state index contributed by atoms with van der Waals surface area (Å²) in [5.41, 5.74) is -0.198. The monoisotopic (exact) mass is 400 g/mol. The molecule has 7 nitrogen and oxygen atoms in total. The van der Waals surface area contributed by atoms with Crippen molar-refractivity contribution in [3.8, 4) is 0 Å². The highest BCUT2D eigenvalue weighted by Gasteiger charge is 2.52. The van der Waals surface area contributed by atoms with Gasteiger partial charge in [0.2, 0.25) is 0 Å². The summed E-state index contributed by atoms with van der Waals surface area (Å²) in [5, 5.41) is 0. The van der Waals surface area contributed by atoms with Gasteiger partial charge < -0.3 is 14.4 Å². The van der Waals surface area contributed by atoms with Crippen LogP contribution in [-0.2, 0) is 29.6 Å². The first kappa shape index (κ1) is 20.9. The molecule has 1 saturated carbocycles. The second-order valence-corrected chi connectivity index (χ2v) is 8.92. The van der Waals surface area contributed by atoms with Crippen LogP contribution in [-0.4, -0.2) is 43.5 Å². The van der Waals surface area contributed by atoms with E-state index in [-0.39, 0.29) is 30.8 Å². The average Bonchev–Trinajstić information content (AvgIpc) is 3.18. The quantitative estimate of drug-likeness (QED) is 0.350. The van der Waals surface area contributed by atoms with Crippen molar-refractivity contribution in [1.82, 2.24) is 0 Å². The smallest absolute Gasteiger partial charge is 0.379 e. The highest BCUT2D eigenvalue weighted by Crippen LogP contribution is 2.53. The number of hydrogen-bond acceptors (Lipinski definition) is 5. The number of ether oxygens (including phenoxy) is 2. The van der Waals surface area contributed by atoms with Crippen molar-refractivity contribution < 1.29 is 32.5 Å². The number of pyridine rings is 1. The topological polar surface area (TPSA) is 78.1 Å². The summed E-state index contributed by atoms with van der Waals surface area (Å²) in [6.45, 7) is 4.18. The molecule has 1 aliphatic heterocycles. The van der Waals surface area contributed by atoms with Gasteiger partial charge in [-0.1, -0.05) is 19.4 Å². The molecular formula is C19H31NO6P+. The summed E-state index contributed by atoms with van der Waals surface area (Å²) in [7, 11) is -4.08. The highest BCUT2D eigenvalue weighted by atomic mass is 31.2. The Morgan fingerprint density at radius 2 is 2.07 bits per heavy atom. The molecule has 4 atom stereocenters. The maximum absolute atomic E-state index is 12.3. The molecule has 0 radical (unpaired) electrons. The Morgan fingerprint density at radius 3 is 2.85 bits per heavy atom. The molecular weight excluding hydrogens is 369 g/mol. The first-order chi connectivity index (χ1) is 13.0. The van der Waals surface area contributed by atoms with Crippen LogP contribution in [0.5, 0.6) is 0 Å². The van der Waals surface area contributed by atoms with Crippen molar-refractivity contribution >= 4 is 7.82 Å². The molecule has 1 unspecified atom stereocenters. The third-order valence-electron chi connectivity index (χ3n) is 5.36. The van der Waals surface area contributed by atoms with Gasteiger partial charge >= 0.3 is 7.82 Å². The normalized spacial score (nSPS) is 29.6. The first-order valence-corrected chi connectivity index (χ1v) is 11.3. The number of phosphoric ester groups is 1. The largest absolute Gasteiger partial charge is 0.472 e. The Kier molecular flexibility index (Phi) is 7.42. The van der Waals surface area contributed by atoms with E-state index in [0.717, 1.165) is 38.7 Å². The van der Waals surface area contributed by atoms with Gasteiger partial charge in [-0.3, -0.25) is 9.05 Å². The van der Waals surface area contributed by atoms with Crippen molar-refractivity contribution in [2.24, 2.45) is 5.41 Å². The van der Waals surface area contributed by atoms with Crippen LogP contribution in [0.3, 0.4) is 0 Å². The van der Waals surface area contributed by atoms with E-state index in [2.05, 4.69) is 6.92 Å². The third-order valence-corrected chi connectivity index (χ3v) is 6.33. The lowest BCUT2D eigenvalue weighted by atomic mass is 9.82. The van der Waals surface area contributed by atoms with Gasteiger partial charge in [0.25, 0.3) is 0 Å². The standard InChI is InChI=1S/C19H30NO6P/c1-2-12-23-15-17-14-19(8-6-7-18(19)26-17)16-25-27(21,22)24-13-11-20-9-4-3-5-10-20/h3-5,9-10,17-18H,2,6-8,11-16H2,1H3/p+1/t17-,18+,19+/m1/s1. The summed E-state index contributed by atoms with van der Waals surface area (Å²) < 4.78 is 36.4. The molecule has 1 aromatic rings. The summed E-state index contributed by atoms with van der Waals surface area (Å²) in [5.74, 6) is 0. The molecule has 1 aromatic heterocycles. The van der Waals surface area contributed by atoms with E-state index in [9.17, 15) is 9.46 Å². The molecule has 0 bridgehead atoms. The molecule has 8 heteroatoms. The SMILES string of the molecule is CCCOC[C@H]1C[C@]2(COP(=O)(O)OCC[n+]3ccccc3)CCC[C@@H]2O1. The maximum atomic E-state index is 12.3. The molecule has 1 aliphatic carbocycles. The Morgan fingerprint density at radius 1 is 1.26 bits per heavy atom. The second-order valence-electron chi connectivity index (χ2n) is 7.47. The molecule has 2 fully saturated rings. The predicted molar refractivity (Wildman–Crippen MR) is 99.0 cm³/mol. The zero-order valence-corrected chi connectivity index (χ0v) is 16.9. The number of hydrogen-bond donors (Lipinski definition) is 1. The number of aromatic nitrogens is 1. The molecule has 1 N–H and O–H groups in total. The molecule has 2 aliphatic rings. The van der Waals surface area contributed by atoms with E-state index in [4.69, 9.17) is 18.5 Å². The van der Waals surface area contributed by atoms with E-state index in [1.807, 2.05) is 35.2 Å². The lowest BCUT2D eigenvalue weighted by Gasteiger charge is -2.27. The summed E-state index contributed by atoms with van der Waals surface area (Å²) >= 11 is 0. The van der Waals surface area contributed by atoms with Gasteiger partial charge in [0.1, 0.15) is 6.61 Å².